The monoisotopic (exact) mass is 263 g/mol. The van der Waals surface area contributed by atoms with Gasteiger partial charge >= 0.3 is 5.91 Å². The fraction of sp³-hybridized carbons (Fsp3) is 0.167. The number of nitrogens with zero attached hydrogens (tertiary/aromatic N) is 1. The number of carbonyl (C=O) groups excluding carboxylic acids is 1. The van der Waals surface area contributed by atoms with E-state index in [2.05, 4.69) is 10.4 Å². The van der Waals surface area contributed by atoms with E-state index in [0.717, 1.165) is 16.3 Å². The molecule has 0 aliphatic heterocycles. The predicted molar refractivity (Wildman–Crippen MR) is 68.9 cm³/mol. The lowest BCUT2D eigenvalue weighted by atomic mass is 10.2. The van der Waals surface area contributed by atoms with Gasteiger partial charge in [-0.15, -0.1) is 0 Å². The van der Waals surface area contributed by atoms with Gasteiger partial charge in [-0.2, -0.15) is 0 Å². The van der Waals surface area contributed by atoms with E-state index in [1.165, 1.54) is 0 Å². The van der Waals surface area contributed by atoms with Crippen molar-refractivity contribution in [2.45, 2.75) is 17.7 Å². The van der Waals surface area contributed by atoms with Crippen LogP contribution >= 0.6 is 11.8 Å². The molecule has 0 spiro atoms. The number of furan rings is 1. The van der Waals surface area contributed by atoms with E-state index in [9.17, 15) is 4.79 Å². The molecule has 0 saturated heterocycles. The molecule has 2 aromatic heterocycles. The molecule has 0 fully saturated rings. The minimum atomic E-state index is -0.415. The molecule has 2 rings (SSSR count). The van der Waals surface area contributed by atoms with Gasteiger partial charge in [-0.05, 0) is 25.1 Å². The Hall–Kier alpha value is -1.79. The van der Waals surface area contributed by atoms with E-state index in [1.807, 2.05) is 31.2 Å². The van der Waals surface area contributed by atoms with Crippen molar-refractivity contribution in [1.29, 1.82) is 0 Å². The summed E-state index contributed by atoms with van der Waals surface area (Å²) in [5.74, 6) is 6.26. The third-order valence-electron chi connectivity index (χ3n) is 2.31. The van der Waals surface area contributed by atoms with Crippen LogP contribution in [-0.4, -0.2) is 10.9 Å². The Balaban J connectivity index is 2.05. The molecular formula is C12H13N3O2S. The Bertz CT molecular complexity index is 540. The number of hydrogen-bond acceptors (Lipinski definition) is 5. The second-order valence-electron chi connectivity index (χ2n) is 3.65. The standard InChI is InChI=1S/C12H13N3O2S/c1-8-6-9(17-11(8)12(16)15-13)7-18-10-4-2-3-5-14-10/h2-6H,7,13H2,1H3,(H,15,16). The summed E-state index contributed by atoms with van der Waals surface area (Å²) in [6.45, 7) is 1.81. The van der Waals surface area contributed by atoms with Gasteiger partial charge in [0.1, 0.15) is 5.76 Å². The first-order chi connectivity index (χ1) is 8.70. The summed E-state index contributed by atoms with van der Waals surface area (Å²) < 4.78 is 5.45. The van der Waals surface area contributed by atoms with Crippen molar-refractivity contribution in [1.82, 2.24) is 10.4 Å². The van der Waals surface area contributed by atoms with E-state index in [1.54, 1.807) is 18.0 Å². The van der Waals surface area contributed by atoms with E-state index in [-0.39, 0.29) is 5.76 Å². The normalized spacial score (nSPS) is 10.3. The van der Waals surface area contributed by atoms with Crippen LogP contribution in [0.25, 0.3) is 0 Å². The summed E-state index contributed by atoms with van der Waals surface area (Å²) in [5, 5.41) is 0.913. The van der Waals surface area contributed by atoms with Crippen LogP contribution in [-0.2, 0) is 5.75 Å². The molecule has 0 saturated carbocycles. The van der Waals surface area contributed by atoms with Gasteiger partial charge in [0.05, 0.1) is 10.8 Å². The lowest BCUT2D eigenvalue weighted by Crippen LogP contribution is -2.30. The third-order valence-corrected chi connectivity index (χ3v) is 3.27. The van der Waals surface area contributed by atoms with E-state index in [0.29, 0.717) is 5.75 Å². The first kappa shape index (κ1) is 12.7. The first-order valence-corrected chi connectivity index (χ1v) is 6.33. The maximum absolute atomic E-state index is 11.4. The zero-order valence-electron chi connectivity index (χ0n) is 9.84. The van der Waals surface area contributed by atoms with Gasteiger partial charge in [0.15, 0.2) is 5.76 Å². The predicted octanol–water partition coefficient (Wildman–Crippen LogP) is 1.88. The lowest BCUT2D eigenvalue weighted by Gasteiger charge is -1.98. The van der Waals surface area contributed by atoms with Crippen molar-refractivity contribution in [3.8, 4) is 0 Å². The Labute approximate surface area is 109 Å². The highest BCUT2D eigenvalue weighted by Gasteiger charge is 2.14. The summed E-state index contributed by atoms with van der Waals surface area (Å²) in [4.78, 5) is 15.6. The van der Waals surface area contributed by atoms with Crippen molar-refractivity contribution in [3.05, 3.63) is 47.5 Å². The number of aryl methyl sites for hydroxylation is 1. The summed E-state index contributed by atoms with van der Waals surface area (Å²) in [6.07, 6.45) is 1.74. The number of rotatable bonds is 4. The van der Waals surface area contributed by atoms with Crippen LogP contribution in [0.2, 0.25) is 0 Å². The van der Waals surface area contributed by atoms with Crippen LogP contribution in [0.4, 0.5) is 0 Å². The van der Waals surface area contributed by atoms with Crippen molar-refractivity contribution >= 4 is 17.7 Å². The Morgan fingerprint density at radius 1 is 1.56 bits per heavy atom. The molecule has 0 unspecified atom stereocenters. The topological polar surface area (TPSA) is 81.2 Å². The molecule has 0 radical (unpaired) electrons. The van der Waals surface area contributed by atoms with Crippen molar-refractivity contribution in [3.63, 3.8) is 0 Å². The smallest absolute Gasteiger partial charge is 0.301 e. The van der Waals surface area contributed by atoms with E-state index < -0.39 is 5.91 Å². The molecule has 0 bridgehead atoms. The number of nitrogens with two attached hydrogens (primary N) is 1. The van der Waals surface area contributed by atoms with Crippen LogP contribution in [0.3, 0.4) is 0 Å². The highest BCUT2D eigenvalue weighted by molar-refractivity contribution is 7.98. The van der Waals surface area contributed by atoms with E-state index >= 15 is 0 Å². The number of pyridine rings is 1. The summed E-state index contributed by atoms with van der Waals surface area (Å²) in [7, 11) is 0. The Kier molecular flexibility index (Phi) is 4.01. The number of thioether (sulfide) groups is 1. The molecule has 18 heavy (non-hydrogen) atoms. The average Bonchev–Trinajstić information content (AvgIpc) is 2.78. The van der Waals surface area contributed by atoms with Gasteiger partial charge < -0.3 is 4.42 Å². The molecule has 2 aromatic rings. The molecule has 0 aromatic carbocycles. The maximum Gasteiger partial charge on any atom is 0.301 e. The van der Waals surface area contributed by atoms with Crippen LogP contribution in [0.1, 0.15) is 21.9 Å². The largest absolute Gasteiger partial charge is 0.455 e. The maximum atomic E-state index is 11.4. The second kappa shape index (κ2) is 5.70. The molecule has 6 heteroatoms. The number of carbonyl (C=O) groups is 1. The van der Waals surface area contributed by atoms with Crippen LogP contribution in [0.15, 0.2) is 39.9 Å². The van der Waals surface area contributed by atoms with Gasteiger partial charge in [-0.3, -0.25) is 10.2 Å². The van der Waals surface area contributed by atoms with Crippen LogP contribution in [0, 0.1) is 6.92 Å². The number of nitrogen functional groups attached to an aromatic ring is 1. The van der Waals surface area contributed by atoms with Crippen molar-refractivity contribution < 1.29 is 9.21 Å². The number of aromatic nitrogens is 1. The zero-order valence-corrected chi connectivity index (χ0v) is 10.7. The Morgan fingerprint density at radius 2 is 2.39 bits per heavy atom. The number of hydrazine groups is 1. The molecule has 0 atom stereocenters. The second-order valence-corrected chi connectivity index (χ2v) is 4.65. The highest BCUT2D eigenvalue weighted by Crippen LogP contribution is 2.23. The SMILES string of the molecule is Cc1cc(CSc2ccccn2)oc1C(=O)NN. The van der Waals surface area contributed by atoms with Gasteiger partial charge in [0.2, 0.25) is 0 Å². The summed E-state index contributed by atoms with van der Waals surface area (Å²) in [6, 6.07) is 7.55. The van der Waals surface area contributed by atoms with Gasteiger partial charge in [-0.1, -0.05) is 17.8 Å². The third kappa shape index (κ3) is 2.91. The minimum Gasteiger partial charge on any atom is -0.455 e. The molecule has 1 amide bonds. The van der Waals surface area contributed by atoms with Crippen LogP contribution < -0.4 is 11.3 Å². The van der Waals surface area contributed by atoms with E-state index in [4.69, 9.17) is 10.3 Å². The highest BCUT2D eigenvalue weighted by atomic mass is 32.2. The number of hydrogen-bond donors (Lipinski definition) is 2. The fourth-order valence-corrected chi connectivity index (χ4v) is 2.23. The molecule has 0 aliphatic carbocycles. The number of amides is 1. The molecule has 2 heterocycles. The molecule has 5 nitrogen and oxygen atoms in total. The van der Waals surface area contributed by atoms with Crippen molar-refractivity contribution in [2.75, 3.05) is 0 Å². The average molecular weight is 263 g/mol. The molecule has 94 valence electrons. The summed E-state index contributed by atoms with van der Waals surface area (Å²) >= 11 is 1.55. The van der Waals surface area contributed by atoms with Gasteiger partial charge in [-0.25, -0.2) is 10.8 Å². The minimum absolute atomic E-state index is 0.258. The van der Waals surface area contributed by atoms with Crippen LogP contribution in [0.5, 0.6) is 0 Å². The zero-order chi connectivity index (χ0) is 13.0. The van der Waals surface area contributed by atoms with Crippen molar-refractivity contribution in [2.24, 2.45) is 5.84 Å². The fourth-order valence-electron chi connectivity index (χ4n) is 1.49. The van der Waals surface area contributed by atoms with Gasteiger partial charge in [0.25, 0.3) is 0 Å². The lowest BCUT2D eigenvalue weighted by molar-refractivity contribution is 0.0923. The number of nitrogens with one attached hydrogen (secondary N) is 1. The quantitative estimate of drug-likeness (QED) is 0.381. The Morgan fingerprint density at radius 3 is 3.06 bits per heavy atom. The molecule has 0 aliphatic rings. The molecule has 3 N–H and O–H groups in total. The van der Waals surface area contributed by atoms with Gasteiger partial charge in [0, 0.05) is 11.8 Å². The molecular weight excluding hydrogens is 250 g/mol. The summed E-state index contributed by atoms with van der Waals surface area (Å²) in [5.41, 5.74) is 2.83. The first-order valence-electron chi connectivity index (χ1n) is 5.35.